The minimum absolute atomic E-state index is 0.0632. The molecule has 5 nitrogen and oxygen atoms in total. The molecule has 0 spiro atoms. The van der Waals surface area contributed by atoms with E-state index in [9.17, 15) is 5.11 Å². The van der Waals surface area contributed by atoms with Crippen molar-refractivity contribution in [1.29, 1.82) is 0 Å². The topological polar surface area (TPSA) is 79.9 Å². The number of nitrogens with zero attached hydrogens (tertiary/aromatic N) is 1. The minimum atomic E-state index is -0.296. The molecule has 2 rings (SSSR count). The molecule has 4 N–H and O–H groups in total. The van der Waals surface area contributed by atoms with Gasteiger partial charge in [-0.15, -0.1) is 0 Å². The molecule has 0 aliphatic heterocycles. The van der Waals surface area contributed by atoms with Crippen LogP contribution in [0.3, 0.4) is 0 Å². The number of nitrogens with one attached hydrogen (secondary N) is 1. The molecule has 2 atom stereocenters. The van der Waals surface area contributed by atoms with Crippen molar-refractivity contribution in [2.75, 3.05) is 12.4 Å². The Morgan fingerprint density at radius 2 is 2.05 bits per heavy atom. The van der Waals surface area contributed by atoms with E-state index in [1.165, 1.54) is 0 Å². The number of benzene rings is 1. The van der Waals surface area contributed by atoms with Gasteiger partial charge in [-0.2, -0.15) is 0 Å². The zero-order chi connectivity index (χ0) is 14.0. The van der Waals surface area contributed by atoms with Crippen LogP contribution in [-0.2, 0) is 0 Å². The number of aliphatic hydroxyl groups is 1. The highest BCUT2D eigenvalue weighted by molar-refractivity contribution is 5.92. The van der Waals surface area contributed by atoms with Crippen LogP contribution in [0.1, 0.15) is 20.3 Å². The lowest BCUT2D eigenvalue weighted by Gasteiger charge is -2.46. The van der Waals surface area contributed by atoms with Crippen LogP contribution in [0.25, 0.3) is 0 Å². The van der Waals surface area contributed by atoms with Crippen LogP contribution in [0.5, 0.6) is 5.75 Å². The maximum Gasteiger partial charge on any atom is 0.193 e. The summed E-state index contributed by atoms with van der Waals surface area (Å²) in [6.45, 7) is 3.99. The molecule has 0 bridgehead atoms. The van der Waals surface area contributed by atoms with Gasteiger partial charge < -0.3 is 20.9 Å². The number of methoxy groups -OCH3 is 1. The van der Waals surface area contributed by atoms with Gasteiger partial charge in [-0.05, 0) is 30.7 Å². The summed E-state index contributed by atoms with van der Waals surface area (Å²) >= 11 is 0. The van der Waals surface area contributed by atoms with Crippen molar-refractivity contribution in [3.63, 3.8) is 0 Å². The smallest absolute Gasteiger partial charge is 0.193 e. The quantitative estimate of drug-likeness (QED) is 0.571. The van der Waals surface area contributed by atoms with Gasteiger partial charge in [-0.3, -0.25) is 0 Å². The van der Waals surface area contributed by atoms with Gasteiger partial charge in [0.1, 0.15) is 5.75 Å². The van der Waals surface area contributed by atoms with Gasteiger partial charge in [0.05, 0.1) is 19.3 Å². The number of hydrogen-bond acceptors (Lipinski definition) is 3. The Hall–Kier alpha value is -1.75. The predicted molar refractivity (Wildman–Crippen MR) is 76.4 cm³/mol. The summed E-state index contributed by atoms with van der Waals surface area (Å²) in [6.07, 6.45) is 0.368. The van der Waals surface area contributed by atoms with E-state index in [1.54, 1.807) is 7.11 Å². The Morgan fingerprint density at radius 1 is 1.42 bits per heavy atom. The van der Waals surface area contributed by atoms with Crippen LogP contribution in [0, 0.1) is 5.41 Å². The monoisotopic (exact) mass is 263 g/mol. The van der Waals surface area contributed by atoms with Crippen molar-refractivity contribution in [2.45, 2.75) is 32.4 Å². The summed E-state index contributed by atoms with van der Waals surface area (Å²) in [6, 6.07) is 7.52. The van der Waals surface area contributed by atoms with E-state index >= 15 is 0 Å². The summed E-state index contributed by atoms with van der Waals surface area (Å²) in [7, 11) is 1.63. The molecule has 1 aliphatic rings. The highest BCUT2D eigenvalue weighted by Crippen LogP contribution is 2.42. The van der Waals surface area contributed by atoms with Crippen LogP contribution in [0.2, 0.25) is 0 Å². The largest absolute Gasteiger partial charge is 0.497 e. The fourth-order valence-corrected chi connectivity index (χ4v) is 2.12. The summed E-state index contributed by atoms with van der Waals surface area (Å²) in [4.78, 5) is 4.42. The molecule has 0 saturated heterocycles. The van der Waals surface area contributed by atoms with E-state index in [1.807, 2.05) is 38.1 Å². The Labute approximate surface area is 113 Å². The number of aliphatic hydroxyl groups excluding tert-OH is 1. The Kier molecular flexibility index (Phi) is 3.66. The Bertz CT molecular complexity index is 468. The number of anilines is 1. The van der Waals surface area contributed by atoms with Gasteiger partial charge in [0, 0.05) is 11.1 Å². The molecule has 0 aromatic heterocycles. The van der Waals surface area contributed by atoms with Crippen LogP contribution in [-0.4, -0.2) is 30.3 Å². The predicted octanol–water partition coefficient (Wildman–Crippen LogP) is 1.58. The average molecular weight is 263 g/mol. The Morgan fingerprint density at radius 3 is 2.53 bits per heavy atom. The van der Waals surface area contributed by atoms with E-state index < -0.39 is 0 Å². The molecule has 0 amide bonds. The first kappa shape index (κ1) is 13.7. The van der Waals surface area contributed by atoms with E-state index in [4.69, 9.17) is 10.5 Å². The average Bonchev–Trinajstić information content (AvgIpc) is 2.39. The molecule has 19 heavy (non-hydrogen) atoms. The normalized spacial score (nSPS) is 25.6. The summed E-state index contributed by atoms with van der Waals surface area (Å²) < 4.78 is 5.09. The first-order valence-corrected chi connectivity index (χ1v) is 6.36. The van der Waals surface area contributed by atoms with Crippen molar-refractivity contribution >= 4 is 11.6 Å². The zero-order valence-corrected chi connectivity index (χ0v) is 11.6. The third-order valence-corrected chi connectivity index (χ3v) is 3.82. The summed E-state index contributed by atoms with van der Waals surface area (Å²) in [5.41, 5.74) is 6.54. The van der Waals surface area contributed by atoms with Gasteiger partial charge in [0.2, 0.25) is 0 Å². The molecule has 0 heterocycles. The number of rotatable bonds is 3. The van der Waals surface area contributed by atoms with Crippen LogP contribution in [0.4, 0.5) is 5.69 Å². The minimum Gasteiger partial charge on any atom is -0.497 e. The molecule has 5 heteroatoms. The van der Waals surface area contributed by atoms with Crippen molar-refractivity contribution in [2.24, 2.45) is 16.1 Å². The summed E-state index contributed by atoms with van der Waals surface area (Å²) in [5.74, 6) is 1.17. The summed E-state index contributed by atoms with van der Waals surface area (Å²) in [5, 5.41) is 12.7. The Balaban J connectivity index is 1.99. The number of guanidine groups is 1. The van der Waals surface area contributed by atoms with Gasteiger partial charge in [-0.25, -0.2) is 4.99 Å². The second-order valence-corrected chi connectivity index (χ2v) is 5.46. The standard InChI is InChI=1S/C14H21N3O2/c1-14(2)11(8-12(14)18)17-13(15)16-9-4-6-10(19-3)7-5-9/h4-7,11-12,18H,8H2,1-3H3,(H3,15,16,17). The second-order valence-electron chi connectivity index (χ2n) is 5.46. The molecule has 1 aliphatic carbocycles. The lowest BCUT2D eigenvalue weighted by Crippen LogP contribution is -2.53. The van der Waals surface area contributed by atoms with Crippen molar-refractivity contribution in [3.05, 3.63) is 24.3 Å². The van der Waals surface area contributed by atoms with Gasteiger partial charge in [0.15, 0.2) is 5.96 Å². The molecule has 1 aromatic carbocycles. The van der Waals surface area contributed by atoms with Gasteiger partial charge >= 0.3 is 0 Å². The fourth-order valence-electron chi connectivity index (χ4n) is 2.12. The first-order valence-electron chi connectivity index (χ1n) is 6.36. The van der Waals surface area contributed by atoms with Crippen molar-refractivity contribution in [3.8, 4) is 5.75 Å². The lowest BCUT2D eigenvalue weighted by molar-refractivity contribution is -0.0576. The second kappa shape index (κ2) is 5.09. The van der Waals surface area contributed by atoms with Crippen LogP contribution >= 0.6 is 0 Å². The maximum atomic E-state index is 9.66. The van der Waals surface area contributed by atoms with Gasteiger partial charge in [0.25, 0.3) is 0 Å². The first-order chi connectivity index (χ1) is 8.93. The van der Waals surface area contributed by atoms with Crippen LogP contribution in [0.15, 0.2) is 29.3 Å². The van der Waals surface area contributed by atoms with Gasteiger partial charge in [-0.1, -0.05) is 13.8 Å². The number of hydrogen-bond donors (Lipinski definition) is 3. The highest BCUT2D eigenvalue weighted by atomic mass is 16.5. The number of ether oxygens (including phenoxy) is 1. The molecular formula is C14H21N3O2. The third-order valence-electron chi connectivity index (χ3n) is 3.82. The van der Waals surface area contributed by atoms with E-state index in [-0.39, 0.29) is 17.6 Å². The van der Waals surface area contributed by atoms with E-state index in [0.29, 0.717) is 12.4 Å². The molecule has 104 valence electrons. The number of nitrogens with two attached hydrogens (primary N) is 1. The molecule has 0 radical (unpaired) electrons. The fraction of sp³-hybridized carbons (Fsp3) is 0.500. The van der Waals surface area contributed by atoms with Crippen LogP contribution < -0.4 is 15.8 Å². The maximum absolute atomic E-state index is 9.66. The van der Waals surface area contributed by atoms with Crippen molar-refractivity contribution in [1.82, 2.24) is 0 Å². The molecule has 1 saturated carbocycles. The molecule has 1 aromatic rings. The van der Waals surface area contributed by atoms with E-state index in [0.717, 1.165) is 11.4 Å². The molecule has 2 unspecified atom stereocenters. The van der Waals surface area contributed by atoms with Crippen molar-refractivity contribution < 1.29 is 9.84 Å². The SMILES string of the molecule is COc1ccc(NC(N)=NC2CC(O)C2(C)C)cc1. The molecular weight excluding hydrogens is 242 g/mol. The highest BCUT2D eigenvalue weighted by Gasteiger charge is 2.47. The van der Waals surface area contributed by atoms with E-state index in [2.05, 4.69) is 10.3 Å². The number of aliphatic imine (C=N–C) groups is 1. The third kappa shape index (κ3) is 2.81. The lowest BCUT2D eigenvalue weighted by atomic mass is 9.65. The molecule has 1 fully saturated rings. The zero-order valence-electron chi connectivity index (χ0n) is 11.6.